The zero-order valence-corrected chi connectivity index (χ0v) is 16.6. The van der Waals surface area contributed by atoms with Gasteiger partial charge in [0.05, 0.1) is 7.11 Å². The summed E-state index contributed by atoms with van der Waals surface area (Å²) in [5.41, 5.74) is 1.87. The van der Waals surface area contributed by atoms with Crippen LogP contribution in [0.5, 0.6) is 5.75 Å². The van der Waals surface area contributed by atoms with Gasteiger partial charge in [-0.1, -0.05) is 30.3 Å². The molecular formula is C23H28N2O3. The van der Waals surface area contributed by atoms with Gasteiger partial charge < -0.3 is 15.0 Å². The molecule has 5 heteroatoms. The van der Waals surface area contributed by atoms with Gasteiger partial charge in [-0.3, -0.25) is 9.59 Å². The lowest BCUT2D eigenvalue weighted by Gasteiger charge is -2.33. The maximum absolute atomic E-state index is 12.7. The third-order valence-corrected chi connectivity index (χ3v) is 5.36. The molecule has 1 N–H and O–H groups in total. The monoisotopic (exact) mass is 380 g/mol. The van der Waals surface area contributed by atoms with Crippen LogP contribution in [0.2, 0.25) is 0 Å². The standard InChI is InChI=1S/C23H28N2O3/c1-17(24-22(26)20-8-10-21(28-2)11-9-20)23(27)25-14-12-19(13-15-25)16-18-6-4-3-5-7-18/h3-11,17,19H,12-16H2,1-2H3,(H,24,26)/t17-/m1/s1. The van der Waals surface area contributed by atoms with Gasteiger partial charge in [0.1, 0.15) is 11.8 Å². The van der Waals surface area contributed by atoms with E-state index in [0.717, 1.165) is 32.4 Å². The van der Waals surface area contributed by atoms with Crippen LogP contribution < -0.4 is 10.1 Å². The second-order valence-electron chi connectivity index (χ2n) is 7.38. The van der Waals surface area contributed by atoms with Crippen molar-refractivity contribution < 1.29 is 14.3 Å². The Bertz CT molecular complexity index is 781. The average molecular weight is 380 g/mol. The number of likely N-dealkylation sites (tertiary alicyclic amines) is 1. The molecule has 1 atom stereocenters. The van der Waals surface area contributed by atoms with Crippen molar-refractivity contribution in [3.05, 3.63) is 65.7 Å². The maximum atomic E-state index is 12.7. The summed E-state index contributed by atoms with van der Waals surface area (Å²) in [5.74, 6) is 1.04. The molecule has 148 valence electrons. The Morgan fingerprint density at radius 1 is 1.07 bits per heavy atom. The van der Waals surface area contributed by atoms with Crippen molar-refractivity contribution in [1.82, 2.24) is 10.2 Å². The fourth-order valence-corrected chi connectivity index (χ4v) is 3.66. The lowest BCUT2D eigenvalue weighted by atomic mass is 9.90. The highest BCUT2D eigenvalue weighted by atomic mass is 16.5. The van der Waals surface area contributed by atoms with Gasteiger partial charge in [-0.05, 0) is 61.9 Å². The molecular weight excluding hydrogens is 352 g/mol. The largest absolute Gasteiger partial charge is 0.497 e. The van der Waals surface area contributed by atoms with Gasteiger partial charge >= 0.3 is 0 Å². The molecule has 1 heterocycles. The predicted molar refractivity (Wildman–Crippen MR) is 109 cm³/mol. The molecule has 0 aromatic heterocycles. The van der Waals surface area contributed by atoms with E-state index >= 15 is 0 Å². The van der Waals surface area contributed by atoms with E-state index in [2.05, 4.69) is 29.6 Å². The van der Waals surface area contributed by atoms with E-state index in [4.69, 9.17) is 4.74 Å². The Balaban J connectivity index is 1.47. The summed E-state index contributed by atoms with van der Waals surface area (Å²) in [6, 6.07) is 16.8. The number of nitrogens with zero attached hydrogens (tertiary/aromatic N) is 1. The van der Waals surface area contributed by atoms with Crippen LogP contribution >= 0.6 is 0 Å². The third kappa shape index (κ3) is 5.12. The van der Waals surface area contributed by atoms with Gasteiger partial charge in [0, 0.05) is 18.7 Å². The van der Waals surface area contributed by atoms with Crippen molar-refractivity contribution in [2.24, 2.45) is 5.92 Å². The van der Waals surface area contributed by atoms with Gasteiger partial charge in [-0.15, -0.1) is 0 Å². The highest BCUT2D eigenvalue weighted by Crippen LogP contribution is 2.22. The molecule has 0 unspecified atom stereocenters. The first-order valence-electron chi connectivity index (χ1n) is 9.84. The summed E-state index contributed by atoms with van der Waals surface area (Å²) in [6.07, 6.45) is 3.06. The van der Waals surface area contributed by atoms with E-state index < -0.39 is 6.04 Å². The molecule has 5 nitrogen and oxygen atoms in total. The summed E-state index contributed by atoms with van der Waals surface area (Å²) in [5, 5.41) is 2.81. The number of carbonyl (C=O) groups is 2. The quantitative estimate of drug-likeness (QED) is 0.837. The summed E-state index contributed by atoms with van der Waals surface area (Å²) in [4.78, 5) is 27.0. The van der Waals surface area contributed by atoms with E-state index in [0.29, 0.717) is 17.2 Å². The van der Waals surface area contributed by atoms with Crippen LogP contribution in [-0.4, -0.2) is 43.0 Å². The third-order valence-electron chi connectivity index (χ3n) is 5.36. The number of hydrogen-bond acceptors (Lipinski definition) is 3. The molecule has 0 bridgehead atoms. The number of amides is 2. The first kappa shape index (κ1) is 19.9. The van der Waals surface area contributed by atoms with Crippen molar-refractivity contribution in [2.75, 3.05) is 20.2 Å². The Labute approximate surface area is 166 Å². The molecule has 0 radical (unpaired) electrons. The topological polar surface area (TPSA) is 58.6 Å². The molecule has 2 aromatic carbocycles. The van der Waals surface area contributed by atoms with Crippen molar-refractivity contribution >= 4 is 11.8 Å². The minimum atomic E-state index is -0.541. The van der Waals surface area contributed by atoms with Gasteiger partial charge in [0.2, 0.25) is 5.91 Å². The first-order chi connectivity index (χ1) is 13.6. The molecule has 2 aromatic rings. The van der Waals surface area contributed by atoms with Gasteiger partial charge in [0.25, 0.3) is 5.91 Å². The van der Waals surface area contributed by atoms with Crippen LogP contribution in [0, 0.1) is 5.92 Å². The fourth-order valence-electron chi connectivity index (χ4n) is 3.66. The van der Waals surface area contributed by atoms with Gasteiger partial charge in [-0.2, -0.15) is 0 Å². The highest BCUT2D eigenvalue weighted by Gasteiger charge is 2.27. The number of piperidine rings is 1. The van der Waals surface area contributed by atoms with Crippen LogP contribution in [0.15, 0.2) is 54.6 Å². The van der Waals surface area contributed by atoms with E-state index in [1.54, 1.807) is 38.3 Å². The normalized spacial score (nSPS) is 15.7. The zero-order valence-electron chi connectivity index (χ0n) is 16.6. The van der Waals surface area contributed by atoms with E-state index in [-0.39, 0.29) is 11.8 Å². The summed E-state index contributed by atoms with van der Waals surface area (Å²) in [7, 11) is 1.58. The highest BCUT2D eigenvalue weighted by molar-refractivity contribution is 5.97. The minimum Gasteiger partial charge on any atom is -0.497 e. The van der Waals surface area contributed by atoms with Gasteiger partial charge in [0.15, 0.2) is 0 Å². The predicted octanol–water partition coefficient (Wildman–Crippen LogP) is 3.29. The second-order valence-corrected chi connectivity index (χ2v) is 7.38. The molecule has 0 saturated carbocycles. The van der Waals surface area contributed by atoms with Gasteiger partial charge in [-0.25, -0.2) is 0 Å². The maximum Gasteiger partial charge on any atom is 0.251 e. The number of methoxy groups -OCH3 is 1. The number of carbonyl (C=O) groups excluding carboxylic acids is 2. The average Bonchev–Trinajstić information content (AvgIpc) is 2.74. The van der Waals surface area contributed by atoms with E-state index in [1.165, 1.54) is 5.56 Å². The molecule has 1 aliphatic rings. The van der Waals surface area contributed by atoms with Crippen molar-refractivity contribution in [3.63, 3.8) is 0 Å². The molecule has 1 aliphatic heterocycles. The van der Waals surface area contributed by atoms with Crippen LogP contribution in [0.1, 0.15) is 35.7 Å². The summed E-state index contributed by atoms with van der Waals surface area (Å²) in [6.45, 7) is 3.25. The zero-order chi connectivity index (χ0) is 19.9. The number of benzene rings is 2. The minimum absolute atomic E-state index is 0.0139. The van der Waals surface area contributed by atoms with Crippen molar-refractivity contribution in [2.45, 2.75) is 32.2 Å². The Morgan fingerprint density at radius 3 is 2.32 bits per heavy atom. The van der Waals surface area contributed by atoms with E-state index in [9.17, 15) is 9.59 Å². The second kappa shape index (κ2) is 9.40. The first-order valence-corrected chi connectivity index (χ1v) is 9.84. The lowest BCUT2D eigenvalue weighted by molar-refractivity contribution is -0.134. The molecule has 28 heavy (non-hydrogen) atoms. The van der Waals surface area contributed by atoms with Crippen LogP contribution in [0.25, 0.3) is 0 Å². The molecule has 2 amide bonds. The SMILES string of the molecule is COc1ccc(C(=O)N[C@H](C)C(=O)N2CCC(Cc3ccccc3)CC2)cc1. The molecule has 0 aliphatic carbocycles. The molecule has 1 fully saturated rings. The summed E-state index contributed by atoms with van der Waals surface area (Å²) < 4.78 is 5.10. The fraction of sp³-hybridized carbons (Fsp3) is 0.391. The Morgan fingerprint density at radius 2 is 1.71 bits per heavy atom. The number of rotatable bonds is 6. The van der Waals surface area contributed by atoms with Crippen LogP contribution in [-0.2, 0) is 11.2 Å². The molecule has 3 rings (SSSR count). The number of ether oxygens (including phenoxy) is 1. The molecule has 0 spiro atoms. The lowest BCUT2D eigenvalue weighted by Crippen LogP contribution is -2.49. The van der Waals surface area contributed by atoms with Crippen molar-refractivity contribution in [1.29, 1.82) is 0 Å². The molecule has 1 saturated heterocycles. The Hall–Kier alpha value is -2.82. The number of hydrogen-bond donors (Lipinski definition) is 1. The van der Waals surface area contributed by atoms with Crippen molar-refractivity contribution in [3.8, 4) is 5.75 Å². The smallest absolute Gasteiger partial charge is 0.251 e. The van der Waals surface area contributed by atoms with E-state index in [1.807, 2.05) is 11.0 Å². The number of nitrogens with one attached hydrogen (secondary N) is 1. The summed E-state index contributed by atoms with van der Waals surface area (Å²) >= 11 is 0. The van der Waals surface area contributed by atoms with Crippen LogP contribution in [0.4, 0.5) is 0 Å². The Kier molecular flexibility index (Phi) is 6.69. The van der Waals surface area contributed by atoms with Crippen LogP contribution in [0.3, 0.4) is 0 Å².